The summed E-state index contributed by atoms with van der Waals surface area (Å²) >= 11 is 1.58. The van der Waals surface area contributed by atoms with Crippen molar-refractivity contribution in [3.05, 3.63) is 87.0 Å². The molecule has 0 atom stereocenters. The number of aryl methyl sites for hydroxylation is 1. The van der Waals surface area contributed by atoms with Gasteiger partial charge in [0.1, 0.15) is 0 Å². The fourth-order valence-corrected chi connectivity index (χ4v) is 5.93. The maximum Gasteiger partial charge on any atom is 0.238 e. The average molecular weight is 573 g/mol. The van der Waals surface area contributed by atoms with E-state index >= 15 is 0 Å². The molecule has 2 aromatic carbocycles. The van der Waals surface area contributed by atoms with Crippen molar-refractivity contribution >= 4 is 33.3 Å². The zero-order valence-electron chi connectivity index (χ0n) is 22.8. The van der Waals surface area contributed by atoms with Gasteiger partial charge in [-0.05, 0) is 59.7 Å². The van der Waals surface area contributed by atoms with E-state index in [0.29, 0.717) is 31.0 Å². The molecule has 0 N–H and O–H groups in total. The molecule has 0 fully saturated rings. The fraction of sp³-hybridized carbons (Fsp3) is 0.345. The molecule has 0 bridgehead atoms. The quantitative estimate of drug-likeness (QED) is 0.265. The van der Waals surface area contributed by atoms with Gasteiger partial charge in [-0.2, -0.15) is 4.31 Å². The highest BCUT2D eigenvalue weighted by Crippen LogP contribution is 2.28. The van der Waals surface area contributed by atoms with Gasteiger partial charge in [-0.25, -0.2) is 8.42 Å². The Hall–Kier alpha value is -3.18. The summed E-state index contributed by atoms with van der Waals surface area (Å²) in [5.74, 6) is 0.964. The molecule has 3 aromatic rings. The lowest BCUT2D eigenvalue weighted by molar-refractivity contribution is -0.132. The third kappa shape index (κ3) is 8.93. The number of rotatable bonds is 15. The van der Waals surface area contributed by atoms with Gasteiger partial charge in [-0.1, -0.05) is 36.4 Å². The Labute approximate surface area is 235 Å². The van der Waals surface area contributed by atoms with Crippen LogP contribution in [0.25, 0.3) is 6.08 Å². The number of amides is 1. The Kier molecular flexibility index (Phi) is 11.5. The molecular formula is C29H36N2O6S2. The van der Waals surface area contributed by atoms with E-state index in [9.17, 15) is 13.2 Å². The third-order valence-corrected chi connectivity index (χ3v) is 8.74. The van der Waals surface area contributed by atoms with Gasteiger partial charge in [0.25, 0.3) is 0 Å². The number of benzene rings is 2. The van der Waals surface area contributed by atoms with Crippen molar-refractivity contribution in [2.45, 2.75) is 19.9 Å². The van der Waals surface area contributed by atoms with E-state index in [0.717, 1.165) is 27.0 Å². The smallest absolute Gasteiger partial charge is 0.238 e. The lowest BCUT2D eigenvalue weighted by atomic mass is 10.1. The second-order valence-electron chi connectivity index (χ2n) is 8.87. The molecule has 0 saturated heterocycles. The van der Waals surface area contributed by atoms with Crippen molar-refractivity contribution in [1.29, 1.82) is 0 Å². The fourth-order valence-electron chi connectivity index (χ4n) is 3.89. The topological polar surface area (TPSA) is 85.4 Å². The molecule has 39 heavy (non-hydrogen) atoms. The molecule has 210 valence electrons. The number of thiophene rings is 1. The third-order valence-electron chi connectivity index (χ3n) is 6.22. The van der Waals surface area contributed by atoms with E-state index in [4.69, 9.17) is 14.2 Å². The van der Waals surface area contributed by atoms with Gasteiger partial charge < -0.3 is 19.1 Å². The molecule has 8 nitrogen and oxygen atoms in total. The summed E-state index contributed by atoms with van der Waals surface area (Å²) in [5.41, 5.74) is 2.82. The van der Waals surface area contributed by atoms with E-state index in [-0.39, 0.29) is 25.6 Å². The van der Waals surface area contributed by atoms with Crippen LogP contribution in [0.2, 0.25) is 0 Å². The number of methoxy groups -OCH3 is 3. The van der Waals surface area contributed by atoms with Gasteiger partial charge in [-0.15, -0.1) is 11.3 Å². The standard InChI is InChI=1S/C29H36N2O6S2/c1-23-13-18-38-28(23)21-30(15-12-25-10-11-26(36-3)27(20-25)37-4)29(32)22-31(16-17-35-2)39(33,34)19-14-24-8-6-5-7-9-24/h5-11,13-14,18-20H,12,15-17,21-22H2,1-4H3. The number of ether oxygens (including phenoxy) is 3. The predicted molar refractivity (Wildman–Crippen MR) is 156 cm³/mol. The van der Waals surface area contributed by atoms with Crippen molar-refractivity contribution in [1.82, 2.24) is 9.21 Å². The van der Waals surface area contributed by atoms with E-state index in [1.807, 2.05) is 66.9 Å². The lowest BCUT2D eigenvalue weighted by Crippen LogP contribution is -2.43. The van der Waals surface area contributed by atoms with Crippen LogP contribution in [0, 0.1) is 6.92 Å². The zero-order chi connectivity index (χ0) is 28.3. The summed E-state index contributed by atoms with van der Waals surface area (Å²) in [6.07, 6.45) is 2.10. The van der Waals surface area contributed by atoms with Crippen LogP contribution < -0.4 is 9.47 Å². The molecule has 0 unspecified atom stereocenters. The highest BCUT2D eigenvalue weighted by Gasteiger charge is 2.25. The van der Waals surface area contributed by atoms with Crippen LogP contribution in [-0.2, 0) is 32.5 Å². The van der Waals surface area contributed by atoms with Crippen LogP contribution in [0.5, 0.6) is 11.5 Å². The van der Waals surface area contributed by atoms with E-state index < -0.39 is 10.0 Å². The minimum absolute atomic E-state index is 0.0608. The first-order valence-electron chi connectivity index (χ1n) is 12.5. The predicted octanol–water partition coefficient (Wildman–Crippen LogP) is 4.59. The van der Waals surface area contributed by atoms with Crippen LogP contribution in [-0.4, -0.2) is 71.1 Å². The molecule has 0 spiro atoms. The minimum atomic E-state index is -3.88. The summed E-state index contributed by atoms with van der Waals surface area (Å²) in [4.78, 5) is 16.4. The van der Waals surface area contributed by atoms with Crippen molar-refractivity contribution in [3.63, 3.8) is 0 Å². The SMILES string of the molecule is COCCN(CC(=O)N(CCc1ccc(OC)c(OC)c1)Cc1sccc1C)S(=O)(=O)C=Cc1ccccc1. The second kappa shape index (κ2) is 14.8. The van der Waals surface area contributed by atoms with Crippen molar-refractivity contribution in [2.24, 2.45) is 0 Å². The van der Waals surface area contributed by atoms with Crippen molar-refractivity contribution < 1.29 is 27.4 Å². The Bertz CT molecular complexity index is 1340. The number of nitrogens with zero attached hydrogens (tertiary/aromatic N) is 2. The Morgan fingerprint density at radius 3 is 2.36 bits per heavy atom. The Balaban J connectivity index is 1.81. The van der Waals surface area contributed by atoms with Gasteiger partial charge in [0.05, 0.1) is 33.9 Å². The molecular weight excluding hydrogens is 536 g/mol. The molecule has 0 aliphatic heterocycles. The number of hydrogen-bond acceptors (Lipinski definition) is 7. The summed E-state index contributed by atoms with van der Waals surface area (Å²) in [5, 5.41) is 3.13. The van der Waals surface area contributed by atoms with Crippen LogP contribution in [0.15, 0.2) is 65.4 Å². The molecule has 0 aliphatic carbocycles. The molecule has 1 amide bonds. The molecule has 0 radical (unpaired) electrons. The number of carbonyl (C=O) groups is 1. The van der Waals surface area contributed by atoms with Crippen molar-refractivity contribution in [2.75, 3.05) is 47.6 Å². The van der Waals surface area contributed by atoms with Crippen LogP contribution in [0.1, 0.15) is 21.6 Å². The number of carbonyl (C=O) groups excluding carboxylic acids is 1. The maximum absolute atomic E-state index is 13.6. The maximum atomic E-state index is 13.6. The first-order valence-corrected chi connectivity index (χ1v) is 14.9. The summed E-state index contributed by atoms with van der Waals surface area (Å²) < 4.78 is 43.5. The number of sulfonamides is 1. The summed E-state index contributed by atoms with van der Waals surface area (Å²) in [6, 6.07) is 16.8. The average Bonchev–Trinajstić information content (AvgIpc) is 3.36. The first kappa shape index (κ1) is 30.4. The van der Waals surface area contributed by atoms with Crippen LogP contribution >= 0.6 is 11.3 Å². The minimum Gasteiger partial charge on any atom is -0.493 e. The van der Waals surface area contributed by atoms with E-state index in [1.54, 1.807) is 30.5 Å². The van der Waals surface area contributed by atoms with E-state index in [1.165, 1.54) is 17.5 Å². The van der Waals surface area contributed by atoms with Gasteiger partial charge >= 0.3 is 0 Å². The Morgan fingerprint density at radius 2 is 1.72 bits per heavy atom. The summed E-state index contributed by atoms with van der Waals surface area (Å²) in [7, 11) is 0.788. The zero-order valence-corrected chi connectivity index (χ0v) is 24.5. The lowest BCUT2D eigenvalue weighted by Gasteiger charge is -2.27. The summed E-state index contributed by atoms with van der Waals surface area (Å²) in [6.45, 7) is 2.75. The van der Waals surface area contributed by atoms with Crippen LogP contribution in [0.3, 0.4) is 0 Å². The monoisotopic (exact) mass is 572 g/mol. The number of hydrogen-bond donors (Lipinski definition) is 0. The van der Waals surface area contributed by atoms with Crippen LogP contribution in [0.4, 0.5) is 0 Å². The highest BCUT2D eigenvalue weighted by atomic mass is 32.2. The first-order chi connectivity index (χ1) is 18.8. The Morgan fingerprint density at radius 1 is 0.974 bits per heavy atom. The largest absolute Gasteiger partial charge is 0.493 e. The van der Waals surface area contributed by atoms with Gasteiger partial charge in [0, 0.05) is 30.5 Å². The van der Waals surface area contributed by atoms with Crippen molar-refractivity contribution in [3.8, 4) is 11.5 Å². The van der Waals surface area contributed by atoms with Gasteiger partial charge in [0.15, 0.2) is 11.5 Å². The normalized spacial score (nSPS) is 11.7. The van der Waals surface area contributed by atoms with E-state index in [2.05, 4.69) is 0 Å². The molecule has 0 aliphatic rings. The molecule has 1 aromatic heterocycles. The van der Waals surface area contributed by atoms with Gasteiger partial charge in [0.2, 0.25) is 15.9 Å². The highest BCUT2D eigenvalue weighted by molar-refractivity contribution is 7.92. The molecule has 10 heteroatoms. The molecule has 3 rings (SSSR count). The second-order valence-corrected chi connectivity index (χ2v) is 11.7. The molecule has 1 heterocycles. The molecule has 0 saturated carbocycles. The van der Waals surface area contributed by atoms with Gasteiger partial charge in [-0.3, -0.25) is 4.79 Å².